The summed E-state index contributed by atoms with van der Waals surface area (Å²) in [7, 11) is 0. The molecule has 1 saturated carbocycles. The predicted octanol–water partition coefficient (Wildman–Crippen LogP) is 3.60. The Labute approximate surface area is 188 Å². The number of aromatic amines is 1. The number of aromatic nitrogens is 4. The number of ether oxygens (including phenoxy) is 1. The van der Waals surface area contributed by atoms with Gasteiger partial charge in [-0.1, -0.05) is 48.0 Å². The molecule has 1 aliphatic carbocycles. The first-order valence-electron chi connectivity index (χ1n) is 10.3. The van der Waals surface area contributed by atoms with Crippen LogP contribution in [0.1, 0.15) is 35.3 Å². The van der Waals surface area contributed by atoms with Gasteiger partial charge in [-0.2, -0.15) is 9.50 Å². The zero-order chi connectivity index (χ0) is 22.1. The average molecular weight is 450 g/mol. The number of halogens is 1. The van der Waals surface area contributed by atoms with Gasteiger partial charge >= 0.3 is 0 Å². The van der Waals surface area contributed by atoms with E-state index in [1.807, 2.05) is 30.3 Å². The molecule has 0 unspecified atom stereocenters. The highest BCUT2D eigenvalue weighted by atomic mass is 35.5. The Bertz CT molecular complexity index is 1350. The van der Waals surface area contributed by atoms with E-state index in [-0.39, 0.29) is 35.5 Å². The highest BCUT2D eigenvalue weighted by molar-refractivity contribution is 6.34. The minimum atomic E-state index is -0.308. The molecule has 0 atom stereocenters. The second-order valence-corrected chi connectivity index (χ2v) is 8.07. The normalized spacial score (nSPS) is 13.7. The van der Waals surface area contributed by atoms with Gasteiger partial charge in [0.05, 0.1) is 16.3 Å². The van der Waals surface area contributed by atoms with Gasteiger partial charge in [0.25, 0.3) is 17.2 Å². The molecule has 9 heteroatoms. The van der Waals surface area contributed by atoms with Gasteiger partial charge in [0.2, 0.25) is 0 Å². The Balaban J connectivity index is 1.39. The third-order valence-corrected chi connectivity index (χ3v) is 5.76. The van der Waals surface area contributed by atoms with Crippen LogP contribution in [0.5, 0.6) is 5.75 Å². The molecule has 4 aromatic rings. The fourth-order valence-electron chi connectivity index (χ4n) is 3.53. The number of hydrogen-bond acceptors (Lipinski definition) is 5. The number of amides is 1. The monoisotopic (exact) mass is 449 g/mol. The molecule has 1 aliphatic rings. The van der Waals surface area contributed by atoms with E-state index >= 15 is 0 Å². The molecule has 0 bridgehead atoms. The molecular formula is C23H20ClN5O3. The second-order valence-electron chi connectivity index (χ2n) is 7.66. The minimum Gasteiger partial charge on any atom is -0.486 e. The Hall–Kier alpha value is -3.65. The summed E-state index contributed by atoms with van der Waals surface area (Å²) >= 11 is 6.29. The summed E-state index contributed by atoms with van der Waals surface area (Å²) in [4.78, 5) is 34.1. The molecule has 0 saturated heterocycles. The fraction of sp³-hybridized carbons (Fsp3) is 0.217. The molecule has 162 valence electrons. The van der Waals surface area contributed by atoms with Crippen molar-refractivity contribution < 1.29 is 9.53 Å². The van der Waals surface area contributed by atoms with E-state index in [0.29, 0.717) is 22.3 Å². The van der Waals surface area contributed by atoms with Crippen LogP contribution in [0.4, 0.5) is 0 Å². The van der Waals surface area contributed by atoms with Crippen molar-refractivity contribution in [3.63, 3.8) is 0 Å². The van der Waals surface area contributed by atoms with Crippen LogP contribution < -0.4 is 15.6 Å². The van der Waals surface area contributed by atoms with Crippen LogP contribution in [0.15, 0.2) is 59.4 Å². The lowest BCUT2D eigenvalue weighted by atomic mass is 9.93. The molecule has 0 aliphatic heterocycles. The van der Waals surface area contributed by atoms with E-state index in [1.165, 1.54) is 10.6 Å². The van der Waals surface area contributed by atoms with Gasteiger partial charge in [0.1, 0.15) is 12.4 Å². The maximum Gasteiger partial charge on any atom is 0.274 e. The summed E-state index contributed by atoms with van der Waals surface area (Å²) in [6.07, 6.45) is 3.05. The molecule has 2 aromatic carbocycles. The molecule has 2 heterocycles. The third kappa shape index (κ3) is 3.97. The van der Waals surface area contributed by atoms with Crippen molar-refractivity contribution in [1.29, 1.82) is 0 Å². The van der Waals surface area contributed by atoms with Crippen LogP contribution in [-0.2, 0) is 6.61 Å². The Morgan fingerprint density at radius 2 is 1.97 bits per heavy atom. The van der Waals surface area contributed by atoms with Crippen molar-refractivity contribution in [3.8, 4) is 17.1 Å². The topological polar surface area (TPSA) is 101 Å². The number of fused-ring (bicyclic) bond motifs is 1. The maximum absolute atomic E-state index is 12.7. The molecule has 2 N–H and O–H groups in total. The maximum atomic E-state index is 12.7. The van der Waals surface area contributed by atoms with Crippen molar-refractivity contribution in [2.75, 3.05) is 0 Å². The van der Waals surface area contributed by atoms with Crippen molar-refractivity contribution in [2.45, 2.75) is 31.9 Å². The second kappa shape index (κ2) is 8.47. The number of carbonyl (C=O) groups is 1. The first-order valence-corrected chi connectivity index (χ1v) is 10.7. The molecule has 5 rings (SSSR count). The van der Waals surface area contributed by atoms with Gasteiger partial charge in [-0.05, 0) is 31.4 Å². The third-order valence-electron chi connectivity index (χ3n) is 5.45. The van der Waals surface area contributed by atoms with E-state index < -0.39 is 0 Å². The molecule has 32 heavy (non-hydrogen) atoms. The number of hydrogen-bond donors (Lipinski definition) is 2. The van der Waals surface area contributed by atoms with Crippen molar-refractivity contribution in [1.82, 2.24) is 24.9 Å². The standard InChI is InChI=1S/C23H20ClN5O3/c24-17-10-5-11-18(20(17)22(31)25-15-8-4-9-15)32-13-16-12-19(30)29-23(26-16)27-21(28-29)14-6-2-1-3-7-14/h1-3,5-7,10-12,15H,4,8-9,13H2,(H,25,31)(H,26,27,28). The molecule has 0 radical (unpaired) electrons. The molecular weight excluding hydrogens is 430 g/mol. The number of benzene rings is 2. The van der Waals surface area contributed by atoms with E-state index in [1.54, 1.807) is 18.2 Å². The number of nitrogens with one attached hydrogen (secondary N) is 2. The van der Waals surface area contributed by atoms with Crippen LogP contribution in [0, 0.1) is 0 Å². The zero-order valence-electron chi connectivity index (χ0n) is 17.0. The number of H-pyrrole nitrogens is 1. The van der Waals surface area contributed by atoms with Gasteiger partial charge in [0, 0.05) is 17.7 Å². The van der Waals surface area contributed by atoms with Crippen molar-refractivity contribution in [3.05, 3.63) is 81.2 Å². The lowest BCUT2D eigenvalue weighted by Gasteiger charge is -2.26. The van der Waals surface area contributed by atoms with E-state index in [0.717, 1.165) is 24.8 Å². The van der Waals surface area contributed by atoms with Crippen molar-refractivity contribution in [2.24, 2.45) is 0 Å². The lowest BCUT2D eigenvalue weighted by Crippen LogP contribution is -2.39. The first-order chi connectivity index (χ1) is 15.6. The minimum absolute atomic E-state index is 0.0106. The highest BCUT2D eigenvalue weighted by Gasteiger charge is 2.24. The number of rotatable bonds is 6. The van der Waals surface area contributed by atoms with Gasteiger partial charge < -0.3 is 10.1 Å². The number of carbonyl (C=O) groups excluding carboxylic acids is 1. The summed E-state index contributed by atoms with van der Waals surface area (Å²) in [5.41, 5.74) is 1.21. The number of nitrogens with zero attached hydrogens (tertiary/aromatic N) is 3. The largest absolute Gasteiger partial charge is 0.486 e. The molecule has 1 fully saturated rings. The van der Waals surface area contributed by atoms with Crippen LogP contribution in [0.25, 0.3) is 17.2 Å². The summed E-state index contributed by atoms with van der Waals surface area (Å²) in [6.45, 7) is -0.0106. The van der Waals surface area contributed by atoms with Gasteiger partial charge in [0.15, 0.2) is 5.82 Å². The molecule has 2 aromatic heterocycles. The van der Waals surface area contributed by atoms with Gasteiger partial charge in [-0.3, -0.25) is 14.7 Å². The Kier molecular flexibility index (Phi) is 5.36. The Morgan fingerprint density at radius 1 is 1.16 bits per heavy atom. The highest BCUT2D eigenvalue weighted by Crippen LogP contribution is 2.28. The van der Waals surface area contributed by atoms with Crippen LogP contribution in [-0.4, -0.2) is 31.5 Å². The van der Waals surface area contributed by atoms with Crippen LogP contribution in [0.2, 0.25) is 5.02 Å². The predicted molar refractivity (Wildman–Crippen MR) is 120 cm³/mol. The van der Waals surface area contributed by atoms with Crippen LogP contribution in [0.3, 0.4) is 0 Å². The van der Waals surface area contributed by atoms with Crippen LogP contribution >= 0.6 is 11.6 Å². The first kappa shape index (κ1) is 20.3. The summed E-state index contributed by atoms with van der Waals surface area (Å²) < 4.78 is 7.14. The lowest BCUT2D eigenvalue weighted by molar-refractivity contribution is 0.0912. The quantitative estimate of drug-likeness (QED) is 0.468. The molecule has 8 nitrogen and oxygen atoms in total. The van der Waals surface area contributed by atoms with Gasteiger partial charge in [-0.15, -0.1) is 0 Å². The summed E-state index contributed by atoms with van der Waals surface area (Å²) in [5, 5.41) is 6.25. The van der Waals surface area contributed by atoms with Gasteiger partial charge in [-0.25, -0.2) is 4.98 Å². The van der Waals surface area contributed by atoms with Crippen molar-refractivity contribution >= 4 is 23.3 Å². The SMILES string of the molecule is O=C(NC1CCC1)c1c(Cl)cccc1OCc1cc(=O)n2[nH]c(-c3ccccc3)nc2n1. The average Bonchev–Trinajstić information content (AvgIpc) is 3.20. The molecule has 1 amide bonds. The molecule has 0 spiro atoms. The Morgan fingerprint density at radius 3 is 2.72 bits per heavy atom. The summed E-state index contributed by atoms with van der Waals surface area (Å²) in [5.74, 6) is 0.851. The van der Waals surface area contributed by atoms with E-state index in [2.05, 4.69) is 20.4 Å². The fourth-order valence-corrected chi connectivity index (χ4v) is 3.78. The smallest absolute Gasteiger partial charge is 0.274 e. The zero-order valence-corrected chi connectivity index (χ0v) is 17.8. The summed E-state index contributed by atoms with van der Waals surface area (Å²) in [6, 6.07) is 16.1. The van der Waals surface area contributed by atoms with E-state index in [9.17, 15) is 9.59 Å². The van der Waals surface area contributed by atoms with E-state index in [4.69, 9.17) is 16.3 Å².